The van der Waals surface area contributed by atoms with Gasteiger partial charge < -0.3 is 20.3 Å². The van der Waals surface area contributed by atoms with Crippen LogP contribution in [0.4, 0.5) is 0 Å². The van der Waals surface area contributed by atoms with Crippen molar-refractivity contribution in [3.8, 4) is 0 Å². The highest BCUT2D eigenvalue weighted by Crippen LogP contribution is 2.12. The van der Waals surface area contributed by atoms with Crippen molar-refractivity contribution in [1.29, 1.82) is 0 Å². The first-order valence-corrected chi connectivity index (χ1v) is 10.8. The van der Waals surface area contributed by atoms with Gasteiger partial charge in [0.1, 0.15) is 0 Å². The lowest BCUT2D eigenvalue weighted by molar-refractivity contribution is 0.155. The molecule has 0 amide bonds. The Morgan fingerprint density at radius 2 is 2.00 bits per heavy atom. The van der Waals surface area contributed by atoms with Gasteiger partial charge >= 0.3 is 0 Å². The summed E-state index contributed by atoms with van der Waals surface area (Å²) in [6.07, 6.45) is 3.36. The van der Waals surface area contributed by atoms with Crippen LogP contribution >= 0.6 is 0 Å². The van der Waals surface area contributed by atoms with E-state index in [-0.39, 0.29) is 4.75 Å². The fourth-order valence-corrected chi connectivity index (χ4v) is 3.66. The highest BCUT2D eigenvalue weighted by molar-refractivity contribution is 7.86. The molecule has 7 heteroatoms. The van der Waals surface area contributed by atoms with Gasteiger partial charge in [-0.25, -0.2) is 0 Å². The number of piperidine rings is 1. The SMILES string of the molecule is CCNC(=NCCS(=O)C(C)(C)C)NC1CCN(CCCOC)CC1. The van der Waals surface area contributed by atoms with Gasteiger partial charge in [0.15, 0.2) is 5.96 Å². The van der Waals surface area contributed by atoms with Crippen molar-refractivity contribution in [3.05, 3.63) is 0 Å². The molecule has 2 N–H and O–H groups in total. The summed E-state index contributed by atoms with van der Waals surface area (Å²) in [5.41, 5.74) is 0. The monoisotopic (exact) mass is 374 g/mol. The van der Waals surface area contributed by atoms with Crippen LogP contribution in [0.3, 0.4) is 0 Å². The third-order valence-corrected chi connectivity index (χ3v) is 6.24. The van der Waals surface area contributed by atoms with Crippen LogP contribution in [0.1, 0.15) is 47.0 Å². The van der Waals surface area contributed by atoms with Crippen LogP contribution in [0, 0.1) is 0 Å². The Hall–Kier alpha value is -0.660. The van der Waals surface area contributed by atoms with Gasteiger partial charge in [0.25, 0.3) is 0 Å². The van der Waals surface area contributed by atoms with E-state index in [0.29, 0.717) is 18.3 Å². The minimum Gasteiger partial charge on any atom is -0.385 e. The topological polar surface area (TPSA) is 66.0 Å². The molecule has 1 rings (SSSR count). The van der Waals surface area contributed by atoms with Gasteiger partial charge in [-0.05, 0) is 47.0 Å². The first-order valence-electron chi connectivity index (χ1n) is 9.51. The van der Waals surface area contributed by atoms with Gasteiger partial charge in [-0.2, -0.15) is 0 Å². The molecule has 1 aliphatic rings. The zero-order chi connectivity index (χ0) is 18.7. The number of hydrogen-bond donors (Lipinski definition) is 2. The summed E-state index contributed by atoms with van der Waals surface area (Å²) in [7, 11) is 0.906. The third kappa shape index (κ3) is 9.56. The number of aliphatic imine (C=N–C) groups is 1. The average molecular weight is 375 g/mol. The van der Waals surface area contributed by atoms with Crippen LogP contribution in [0.5, 0.6) is 0 Å². The highest BCUT2D eigenvalue weighted by atomic mass is 32.2. The van der Waals surface area contributed by atoms with Gasteiger partial charge in [0, 0.05) is 67.2 Å². The quantitative estimate of drug-likeness (QED) is 0.364. The lowest BCUT2D eigenvalue weighted by Crippen LogP contribution is -2.49. The van der Waals surface area contributed by atoms with E-state index < -0.39 is 10.8 Å². The number of likely N-dealkylation sites (tertiary alicyclic amines) is 1. The predicted octanol–water partition coefficient (Wildman–Crippen LogP) is 1.59. The van der Waals surface area contributed by atoms with Crippen molar-refractivity contribution < 1.29 is 8.95 Å². The molecule has 0 aromatic heterocycles. The van der Waals surface area contributed by atoms with E-state index in [0.717, 1.165) is 58.0 Å². The summed E-state index contributed by atoms with van der Waals surface area (Å²) in [5.74, 6) is 1.46. The average Bonchev–Trinajstić information content (AvgIpc) is 2.56. The largest absolute Gasteiger partial charge is 0.385 e. The Labute approximate surface area is 156 Å². The first-order chi connectivity index (χ1) is 11.9. The van der Waals surface area contributed by atoms with Crippen LogP contribution in [0.2, 0.25) is 0 Å². The molecule has 1 fully saturated rings. The van der Waals surface area contributed by atoms with Gasteiger partial charge in [-0.15, -0.1) is 0 Å². The van der Waals surface area contributed by atoms with Gasteiger partial charge in [-0.1, -0.05) is 0 Å². The van der Waals surface area contributed by atoms with E-state index >= 15 is 0 Å². The van der Waals surface area contributed by atoms with Gasteiger partial charge in [-0.3, -0.25) is 9.20 Å². The predicted molar refractivity (Wildman–Crippen MR) is 108 cm³/mol. The number of nitrogens with one attached hydrogen (secondary N) is 2. The number of hydrogen-bond acceptors (Lipinski definition) is 4. The smallest absolute Gasteiger partial charge is 0.191 e. The first kappa shape index (κ1) is 22.4. The minimum atomic E-state index is -0.853. The second-order valence-electron chi connectivity index (χ2n) is 7.53. The van der Waals surface area contributed by atoms with Crippen molar-refractivity contribution in [1.82, 2.24) is 15.5 Å². The zero-order valence-corrected chi connectivity index (χ0v) is 17.6. The molecule has 25 heavy (non-hydrogen) atoms. The Bertz CT molecular complexity index is 416. The van der Waals surface area contributed by atoms with Crippen molar-refractivity contribution in [3.63, 3.8) is 0 Å². The van der Waals surface area contributed by atoms with Crippen molar-refractivity contribution >= 4 is 16.8 Å². The maximum atomic E-state index is 12.1. The van der Waals surface area contributed by atoms with E-state index in [1.807, 2.05) is 20.8 Å². The number of rotatable bonds is 9. The minimum absolute atomic E-state index is 0.170. The molecule has 148 valence electrons. The van der Waals surface area contributed by atoms with Gasteiger partial charge in [0.05, 0.1) is 6.54 Å². The molecule has 0 bridgehead atoms. The Kier molecular flexibility index (Phi) is 10.6. The summed E-state index contributed by atoms with van der Waals surface area (Å²) in [5, 5.41) is 6.85. The van der Waals surface area contributed by atoms with Crippen LogP contribution < -0.4 is 10.6 Å². The molecule has 1 heterocycles. The normalized spacial score (nSPS) is 19.0. The maximum Gasteiger partial charge on any atom is 0.191 e. The van der Waals surface area contributed by atoms with E-state index in [9.17, 15) is 4.21 Å². The Morgan fingerprint density at radius 3 is 2.56 bits per heavy atom. The fraction of sp³-hybridized carbons (Fsp3) is 0.944. The molecule has 0 aromatic carbocycles. The maximum absolute atomic E-state index is 12.1. The molecule has 1 saturated heterocycles. The van der Waals surface area contributed by atoms with E-state index in [1.54, 1.807) is 7.11 Å². The number of methoxy groups -OCH3 is 1. The molecular weight excluding hydrogens is 336 g/mol. The summed E-state index contributed by atoms with van der Waals surface area (Å²) in [6, 6.07) is 0.463. The molecule has 0 aliphatic carbocycles. The summed E-state index contributed by atoms with van der Waals surface area (Å²) in [6.45, 7) is 13.7. The van der Waals surface area contributed by atoms with Crippen LogP contribution in [0.25, 0.3) is 0 Å². The fourth-order valence-electron chi connectivity index (χ4n) is 2.79. The summed E-state index contributed by atoms with van der Waals surface area (Å²) in [4.78, 5) is 7.12. The van der Waals surface area contributed by atoms with Gasteiger partial charge in [0.2, 0.25) is 0 Å². The molecule has 0 saturated carbocycles. The molecule has 6 nitrogen and oxygen atoms in total. The summed E-state index contributed by atoms with van der Waals surface area (Å²) >= 11 is 0. The molecule has 0 radical (unpaired) electrons. The van der Waals surface area contributed by atoms with E-state index in [4.69, 9.17) is 4.74 Å². The second kappa shape index (κ2) is 11.9. The molecule has 1 atom stereocenters. The summed E-state index contributed by atoms with van der Waals surface area (Å²) < 4.78 is 17.1. The third-order valence-electron chi connectivity index (χ3n) is 4.33. The second-order valence-corrected chi connectivity index (χ2v) is 9.85. The van der Waals surface area contributed by atoms with Crippen molar-refractivity contribution in [2.24, 2.45) is 4.99 Å². The Morgan fingerprint density at radius 1 is 1.32 bits per heavy atom. The van der Waals surface area contributed by atoms with E-state index in [2.05, 4.69) is 27.4 Å². The molecule has 1 aliphatic heterocycles. The highest BCUT2D eigenvalue weighted by Gasteiger charge is 2.20. The lowest BCUT2D eigenvalue weighted by atomic mass is 10.1. The number of ether oxygens (including phenoxy) is 1. The Balaban J connectivity index is 2.37. The van der Waals surface area contributed by atoms with Crippen LogP contribution in [-0.2, 0) is 15.5 Å². The van der Waals surface area contributed by atoms with Crippen molar-refractivity contribution in [2.45, 2.75) is 57.7 Å². The van der Waals surface area contributed by atoms with Crippen molar-refractivity contribution in [2.75, 3.05) is 52.2 Å². The van der Waals surface area contributed by atoms with Crippen LogP contribution in [0.15, 0.2) is 4.99 Å². The molecule has 1 unspecified atom stereocenters. The zero-order valence-electron chi connectivity index (χ0n) is 16.8. The molecule has 0 aromatic rings. The molecule has 0 spiro atoms. The number of nitrogens with zero attached hydrogens (tertiary/aromatic N) is 2. The molecular formula is C18H38N4O2S. The standard InChI is InChI=1S/C18H38N4O2S/c1-6-19-17(20-10-15-25(23)18(2,3)4)21-16-8-12-22(13-9-16)11-7-14-24-5/h16H,6-15H2,1-5H3,(H2,19,20,21). The van der Waals surface area contributed by atoms with E-state index in [1.165, 1.54) is 0 Å². The van der Waals surface area contributed by atoms with Crippen LogP contribution in [-0.4, -0.2) is 78.1 Å². The number of guanidine groups is 1. The lowest BCUT2D eigenvalue weighted by Gasteiger charge is -2.33.